The van der Waals surface area contributed by atoms with Gasteiger partial charge in [0.25, 0.3) is 11.8 Å². The number of carbonyl (C=O) groups is 2. The van der Waals surface area contributed by atoms with Crippen LogP contribution in [-0.4, -0.2) is 32.1 Å². The molecule has 0 bridgehead atoms. The molecule has 24 heavy (non-hydrogen) atoms. The zero-order valence-electron chi connectivity index (χ0n) is 13.3. The van der Waals surface area contributed by atoms with Gasteiger partial charge in [0, 0.05) is 31.4 Å². The Hall–Kier alpha value is -2.37. The molecule has 5 nitrogen and oxygen atoms in total. The number of para-hydroxylation sites is 1. The Labute approximate surface area is 146 Å². The molecule has 126 valence electrons. The topological polar surface area (TPSA) is 67.4 Å². The lowest BCUT2D eigenvalue weighted by atomic mass is 10.1. The first kappa shape index (κ1) is 18.0. The quantitative estimate of drug-likeness (QED) is 0.755. The van der Waals surface area contributed by atoms with E-state index in [2.05, 4.69) is 10.6 Å². The van der Waals surface area contributed by atoms with Crippen molar-refractivity contribution < 1.29 is 14.3 Å². The van der Waals surface area contributed by atoms with E-state index in [1.807, 2.05) is 0 Å². The average Bonchev–Trinajstić information content (AvgIpc) is 2.60. The number of halogens is 1. The molecule has 0 aliphatic rings. The predicted octanol–water partition coefficient (Wildman–Crippen LogP) is 3.36. The lowest BCUT2D eigenvalue weighted by Gasteiger charge is -2.09. The normalized spacial score (nSPS) is 10.2. The van der Waals surface area contributed by atoms with Gasteiger partial charge in [-0.3, -0.25) is 9.59 Å². The van der Waals surface area contributed by atoms with Crippen LogP contribution in [-0.2, 0) is 4.74 Å². The Morgan fingerprint density at radius 3 is 2.46 bits per heavy atom. The lowest BCUT2D eigenvalue weighted by Crippen LogP contribution is -2.25. The van der Waals surface area contributed by atoms with Gasteiger partial charge in [-0.1, -0.05) is 29.8 Å². The molecule has 0 atom stereocenters. The summed E-state index contributed by atoms with van der Waals surface area (Å²) >= 11 is 6.03. The standard InChI is InChI=1S/C18H19ClN2O3/c1-24-11-5-10-20-17(22)13-6-4-7-14(12-13)18(23)21-16-9-3-2-8-15(16)19/h2-4,6-9,12H,5,10-11H2,1H3,(H,20,22)(H,21,23). The van der Waals surface area contributed by atoms with Crippen molar-refractivity contribution >= 4 is 29.1 Å². The highest BCUT2D eigenvalue weighted by Gasteiger charge is 2.11. The van der Waals surface area contributed by atoms with Crippen LogP contribution >= 0.6 is 11.6 Å². The molecule has 0 radical (unpaired) electrons. The maximum absolute atomic E-state index is 12.3. The van der Waals surface area contributed by atoms with Crippen LogP contribution in [0.1, 0.15) is 27.1 Å². The van der Waals surface area contributed by atoms with E-state index >= 15 is 0 Å². The van der Waals surface area contributed by atoms with Gasteiger partial charge in [-0.25, -0.2) is 0 Å². The Kier molecular flexibility index (Phi) is 6.78. The van der Waals surface area contributed by atoms with Crippen LogP contribution in [0.15, 0.2) is 48.5 Å². The van der Waals surface area contributed by atoms with Crippen LogP contribution in [0.4, 0.5) is 5.69 Å². The summed E-state index contributed by atoms with van der Waals surface area (Å²) in [5.41, 5.74) is 1.34. The fraction of sp³-hybridized carbons (Fsp3) is 0.222. The number of anilines is 1. The molecule has 0 saturated carbocycles. The van der Waals surface area contributed by atoms with E-state index in [0.717, 1.165) is 6.42 Å². The minimum Gasteiger partial charge on any atom is -0.385 e. The fourth-order valence-corrected chi connectivity index (χ4v) is 2.26. The largest absolute Gasteiger partial charge is 0.385 e. The molecule has 0 aliphatic carbocycles. The molecule has 0 spiro atoms. The number of methoxy groups -OCH3 is 1. The number of carbonyl (C=O) groups excluding carboxylic acids is 2. The first-order valence-corrected chi connectivity index (χ1v) is 7.92. The molecular formula is C18H19ClN2O3. The van der Waals surface area contributed by atoms with Crippen molar-refractivity contribution in [2.45, 2.75) is 6.42 Å². The van der Waals surface area contributed by atoms with Crippen LogP contribution < -0.4 is 10.6 Å². The summed E-state index contributed by atoms with van der Waals surface area (Å²) in [6, 6.07) is 13.5. The van der Waals surface area contributed by atoms with Crippen molar-refractivity contribution in [3.05, 3.63) is 64.7 Å². The Morgan fingerprint density at radius 2 is 1.75 bits per heavy atom. The van der Waals surface area contributed by atoms with Gasteiger partial charge in [-0.2, -0.15) is 0 Å². The first-order chi connectivity index (χ1) is 11.6. The van der Waals surface area contributed by atoms with Gasteiger partial charge in [0.2, 0.25) is 0 Å². The van der Waals surface area contributed by atoms with Gasteiger partial charge in [0.05, 0.1) is 10.7 Å². The molecule has 0 heterocycles. The summed E-state index contributed by atoms with van der Waals surface area (Å²) in [7, 11) is 1.61. The molecule has 2 N–H and O–H groups in total. The molecular weight excluding hydrogens is 328 g/mol. The molecule has 0 fully saturated rings. The number of benzene rings is 2. The second-order valence-corrected chi connectivity index (χ2v) is 5.52. The van der Waals surface area contributed by atoms with Crippen LogP contribution in [0.3, 0.4) is 0 Å². The Balaban J connectivity index is 2.02. The van der Waals surface area contributed by atoms with Crippen LogP contribution in [0.5, 0.6) is 0 Å². The number of rotatable bonds is 7. The second kappa shape index (κ2) is 9.05. The van der Waals surface area contributed by atoms with Crippen molar-refractivity contribution in [1.29, 1.82) is 0 Å². The number of hydrogen-bond donors (Lipinski definition) is 2. The van der Waals surface area contributed by atoms with Crippen molar-refractivity contribution in [2.24, 2.45) is 0 Å². The minimum absolute atomic E-state index is 0.224. The summed E-state index contributed by atoms with van der Waals surface area (Å²) in [5.74, 6) is -0.546. The summed E-state index contributed by atoms with van der Waals surface area (Å²) in [5, 5.41) is 5.98. The summed E-state index contributed by atoms with van der Waals surface area (Å²) in [4.78, 5) is 24.4. The van der Waals surface area contributed by atoms with Crippen molar-refractivity contribution in [3.63, 3.8) is 0 Å². The maximum Gasteiger partial charge on any atom is 0.255 e. The van der Waals surface area contributed by atoms with Gasteiger partial charge < -0.3 is 15.4 Å². The highest BCUT2D eigenvalue weighted by Crippen LogP contribution is 2.21. The molecule has 0 aromatic heterocycles. The number of ether oxygens (including phenoxy) is 1. The van der Waals surface area contributed by atoms with Crippen LogP contribution in [0, 0.1) is 0 Å². The third-order valence-corrected chi connectivity index (χ3v) is 3.65. The first-order valence-electron chi connectivity index (χ1n) is 7.55. The zero-order chi connectivity index (χ0) is 17.4. The van der Waals surface area contributed by atoms with E-state index < -0.39 is 0 Å². The van der Waals surface area contributed by atoms with Gasteiger partial charge in [0.15, 0.2) is 0 Å². The highest BCUT2D eigenvalue weighted by atomic mass is 35.5. The maximum atomic E-state index is 12.3. The summed E-state index contributed by atoms with van der Waals surface area (Å²) < 4.78 is 4.93. The molecule has 0 saturated heterocycles. The number of amides is 2. The SMILES string of the molecule is COCCCNC(=O)c1cccc(C(=O)Nc2ccccc2Cl)c1. The summed E-state index contributed by atoms with van der Waals surface area (Å²) in [6.45, 7) is 1.10. The fourth-order valence-electron chi connectivity index (χ4n) is 2.08. The van der Waals surface area contributed by atoms with Gasteiger partial charge >= 0.3 is 0 Å². The lowest BCUT2D eigenvalue weighted by molar-refractivity contribution is 0.0948. The Bertz CT molecular complexity index is 719. The molecule has 6 heteroatoms. The van der Waals surface area contributed by atoms with Crippen LogP contribution in [0.25, 0.3) is 0 Å². The van der Waals surface area contributed by atoms with Crippen molar-refractivity contribution in [1.82, 2.24) is 5.32 Å². The van der Waals surface area contributed by atoms with Crippen LogP contribution in [0.2, 0.25) is 5.02 Å². The highest BCUT2D eigenvalue weighted by molar-refractivity contribution is 6.33. The van der Waals surface area contributed by atoms with E-state index in [1.165, 1.54) is 0 Å². The monoisotopic (exact) mass is 346 g/mol. The molecule has 2 aromatic carbocycles. The van der Waals surface area contributed by atoms with E-state index in [9.17, 15) is 9.59 Å². The molecule has 2 rings (SSSR count). The summed E-state index contributed by atoms with van der Waals surface area (Å²) in [6.07, 6.45) is 0.731. The third-order valence-electron chi connectivity index (χ3n) is 3.32. The smallest absolute Gasteiger partial charge is 0.255 e. The Morgan fingerprint density at radius 1 is 1.04 bits per heavy atom. The number of nitrogens with one attached hydrogen (secondary N) is 2. The molecule has 2 aromatic rings. The predicted molar refractivity (Wildman–Crippen MR) is 94.7 cm³/mol. The van der Waals surface area contributed by atoms with Gasteiger partial charge in [0.1, 0.15) is 0 Å². The van der Waals surface area contributed by atoms with E-state index in [0.29, 0.717) is 35.0 Å². The zero-order valence-corrected chi connectivity index (χ0v) is 14.1. The molecule has 0 unspecified atom stereocenters. The van der Waals surface area contributed by atoms with Crippen molar-refractivity contribution in [2.75, 3.05) is 25.6 Å². The van der Waals surface area contributed by atoms with Gasteiger partial charge in [-0.15, -0.1) is 0 Å². The minimum atomic E-state index is -0.322. The van der Waals surface area contributed by atoms with E-state index in [1.54, 1.807) is 55.6 Å². The molecule has 0 aliphatic heterocycles. The van der Waals surface area contributed by atoms with E-state index in [4.69, 9.17) is 16.3 Å². The van der Waals surface area contributed by atoms with E-state index in [-0.39, 0.29) is 11.8 Å². The third kappa shape index (κ3) is 5.08. The number of hydrogen-bond acceptors (Lipinski definition) is 3. The van der Waals surface area contributed by atoms with Crippen molar-refractivity contribution in [3.8, 4) is 0 Å². The average molecular weight is 347 g/mol. The second-order valence-electron chi connectivity index (χ2n) is 5.12. The molecule has 2 amide bonds. The van der Waals surface area contributed by atoms with Gasteiger partial charge in [-0.05, 0) is 36.8 Å².